The summed E-state index contributed by atoms with van der Waals surface area (Å²) < 4.78 is 1.67. The zero-order valence-electron chi connectivity index (χ0n) is 8.91. The smallest absolute Gasteiger partial charge is 0.0832 e. The first kappa shape index (κ1) is 12.7. The molecule has 0 unspecified atom stereocenters. The normalized spacial score (nSPS) is 10.8. The van der Waals surface area contributed by atoms with E-state index in [9.17, 15) is 0 Å². The van der Waals surface area contributed by atoms with Crippen LogP contribution >= 0.6 is 34.8 Å². The van der Waals surface area contributed by atoms with Gasteiger partial charge in [0, 0.05) is 5.88 Å². The van der Waals surface area contributed by atoms with Gasteiger partial charge in [0.25, 0.3) is 0 Å². The summed E-state index contributed by atoms with van der Waals surface area (Å²) in [5, 5.41) is 9.12. The van der Waals surface area contributed by atoms with Gasteiger partial charge >= 0.3 is 0 Å². The maximum atomic E-state index is 5.94. The Morgan fingerprint density at radius 1 is 1.18 bits per heavy atom. The van der Waals surface area contributed by atoms with Gasteiger partial charge in [0.05, 0.1) is 27.6 Å². The number of hydrogen-bond donors (Lipinski definition) is 0. The zero-order valence-corrected chi connectivity index (χ0v) is 11.2. The Hall–Kier alpha value is -0.770. The number of alkyl halides is 1. The van der Waals surface area contributed by atoms with Gasteiger partial charge in [-0.15, -0.1) is 16.7 Å². The Morgan fingerprint density at radius 2 is 2.00 bits per heavy atom. The van der Waals surface area contributed by atoms with Gasteiger partial charge in [-0.25, -0.2) is 4.68 Å². The highest BCUT2D eigenvalue weighted by Crippen LogP contribution is 2.24. The van der Waals surface area contributed by atoms with Crippen molar-refractivity contribution in [2.75, 3.05) is 5.88 Å². The van der Waals surface area contributed by atoms with Crippen LogP contribution in [0.3, 0.4) is 0 Å². The van der Waals surface area contributed by atoms with Gasteiger partial charge in [-0.2, -0.15) is 0 Å². The molecule has 6 heteroatoms. The topological polar surface area (TPSA) is 30.7 Å². The van der Waals surface area contributed by atoms with E-state index >= 15 is 0 Å². The second-order valence-corrected chi connectivity index (χ2v) is 4.74. The molecule has 0 aliphatic heterocycles. The van der Waals surface area contributed by atoms with Crippen molar-refractivity contribution in [1.29, 1.82) is 0 Å². The number of hydrogen-bond acceptors (Lipinski definition) is 2. The van der Waals surface area contributed by atoms with Gasteiger partial charge in [0.1, 0.15) is 0 Å². The molecule has 0 radical (unpaired) electrons. The fourth-order valence-corrected chi connectivity index (χ4v) is 1.84. The summed E-state index contributed by atoms with van der Waals surface area (Å²) >= 11 is 17.4. The van der Waals surface area contributed by atoms with E-state index in [1.165, 1.54) is 0 Å². The van der Waals surface area contributed by atoms with E-state index < -0.39 is 0 Å². The minimum Gasteiger partial charge on any atom is -0.220 e. The quantitative estimate of drug-likeness (QED) is 0.803. The van der Waals surface area contributed by atoms with E-state index in [0.29, 0.717) is 15.9 Å². The number of rotatable bonds is 4. The summed E-state index contributed by atoms with van der Waals surface area (Å²) in [6.45, 7) is 0. The third-order valence-electron chi connectivity index (χ3n) is 2.28. The van der Waals surface area contributed by atoms with Gasteiger partial charge in [-0.3, -0.25) is 0 Å². The number of aromatic nitrogens is 3. The molecule has 90 valence electrons. The van der Waals surface area contributed by atoms with Gasteiger partial charge in [0.15, 0.2) is 0 Å². The second-order valence-electron chi connectivity index (χ2n) is 3.55. The highest BCUT2D eigenvalue weighted by molar-refractivity contribution is 6.42. The molecule has 0 atom stereocenters. The highest BCUT2D eigenvalue weighted by Gasteiger charge is 2.05. The van der Waals surface area contributed by atoms with Crippen LogP contribution in [0, 0.1) is 0 Å². The predicted molar refractivity (Wildman–Crippen MR) is 70.4 cm³/mol. The van der Waals surface area contributed by atoms with E-state index in [4.69, 9.17) is 34.8 Å². The summed E-state index contributed by atoms with van der Waals surface area (Å²) in [7, 11) is 0. The first-order valence-electron chi connectivity index (χ1n) is 5.13. The van der Waals surface area contributed by atoms with Crippen LogP contribution in [-0.2, 0) is 6.42 Å². The summed E-state index contributed by atoms with van der Waals surface area (Å²) in [4.78, 5) is 0. The summed E-state index contributed by atoms with van der Waals surface area (Å²) in [6.07, 6.45) is 3.58. The minimum absolute atomic E-state index is 0.502. The van der Waals surface area contributed by atoms with Crippen LogP contribution in [0.15, 0.2) is 24.4 Å². The van der Waals surface area contributed by atoms with Crippen molar-refractivity contribution >= 4 is 34.8 Å². The third kappa shape index (κ3) is 3.12. The lowest BCUT2D eigenvalue weighted by molar-refractivity contribution is 0.792. The van der Waals surface area contributed by atoms with Gasteiger partial charge in [-0.1, -0.05) is 28.4 Å². The molecule has 1 heterocycles. The van der Waals surface area contributed by atoms with Crippen LogP contribution in [-0.4, -0.2) is 20.9 Å². The van der Waals surface area contributed by atoms with Crippen molar-refractivity contribution in [3.63, 3.8) is 0 Å². The molecule has 0 saturated heterocycles. The average Bonchev–Trinajstić information content (AvgIpc) is 2.79. The first-order valence-corrected chi connectivity index (χ1v) is 6.42. The Labute approximate surface area is 114 Å². The number of halogens is 3. The van der Waals surface area contributed by atoms with Crippen molar-refractivity contribution in [3.8, 4) is 5.69 Å². The summed E-state index contributed by atoms with van der Waals surface area (Å²) in [6, 6.07) is 5.33. The zero-order chi connectivity index (χ0) is 12.3. The van der Waals surface area contributed by atoms with E-state index in [1.807, 2.05) is 12.3 Å². The molecule has 0 N–H and O–H groups in total. The average molecular weight is 291 g/mol. The molecule has 3 nitrogen and oxygen atoms in total. The maximum Gasteiger partial charge on any atom is 0.0832 e. The molecular formula is C11H10Cl3N3. The van der Waals surface area contributed by atoms with Crippen molar-refractivity contribution in [1.82, 2.24) is 15.0 Å². The van der Waals surface area contributed by atoms with Crippen molar-refractivity contribution < 1.29 is 0 Å². The van der Waals surface area contributed by atoms with E-state index in [-0.39, 0.29) is 0 Å². The van der Waals surface area contributed by atoms with E-state index in [0.717, 1.165) is 24.2 Å². The molecule has 1 aromatic carbocycles. The number of aryl methyl sites for hydroxylation is 1. The van der Waals surface area contributed by atoms with Crippen molar-refractivity contribution in [2.45, 2.75) is 12.8 Å². The minimum atomic E-state index is 0.502. The molecule has 17 heavy (non-hydrogen) atoms. The van der Waals surface area contributed by atoms with Crippen LogP contribution in [0.5, 0.6) is 0 Å². The highest BCUT2D eigenvalue weighted by atomic mass is 35.5. The monoisotopic (exact) mass is 289 g/mol. The third-order valence-corrected chi connectivity index (χ3v) is 3.28. The molecule has 0 bridgehead atoms. The number of benzene rings is 1. The lowest BCUT2D eigenvalue weighted by Gasteiger charge is -2.01. The van der Waals surface area contributed by atoms with E-state index in [2.05, 4.69) is 10.3 Å². The fourth-order valence-electron chi connectivity index (χ4n) is 1.41. The van der Waals surface area contributed by atoms with Crippen molar-refractivity contribution in [2.24, 2.45) is 0 Å². The van der Waals surface area contributed by atoms with Gasteiger partial charge < -0.3 is 0 Å². The van der Waals surface area contributed by atoms with Gasteiger partial charge in [-0.05, 0) is 31.0 Å². The predicted octanol–water partition coefficient (Wildman–Crippen LogP) is 3.75. The Morgan fingerprint density at radius 3 is 2.71 bits per heavy atom. The molecule has 2 rings (SSSR count). The lowest BCUT2D eigenvalue weighted by atomic mass is 10.3. The van der Waals surface area contributed by atoms with Crippen LogP contribution < -0.4 is 0 Å². The molecule has 0 aliphatic carbocycles. The standard InChI is InChI=1S/C11H10Cl3N3/c12-5-1-2-8-7-17(16-15-8)9-3-4-10(13)11(14)6-9/h3-4,6-7H,1-2,5H2. The molecule has 0 fully saturated rings. The molecule has 0 spiro atoms. The van der Waals surface area contributed by atoms with E-state index in [1.54, 1.807) is 16.8 Å². The summed E-state index contributed by atoms with van der Waals surface area (Å²) in [5.74, 6) is 0.625. The molecular weight excluding hydrogens is 281 g/mol. The molecule has 1 aromatic heterocycles. The summed E-state index contributed by atoms with van der Waals surface area (Å²) in [5.41, 5.74) is 1.75. The number of nitrogens with zero attached hydrogens (tertiary/aromatic N) is 3. The molecule has 0 aliphatic rings. The van der Waals surface area contributed by atoms with Crippen LogP contribution in [0.1, 0.15) is 12.1 Å². The SMILES string of the molecule is ClCCCc1cn(-c2ccc(Cl)c(Cl)c2)nn1. The Balaban J connectivity index is 2.21. The van der Waals surface area contributed by atoms with Crippen molar-refractivity contribution in [3.05, 3.63) is 40.1 Å². The lowest BCUT2D eigenvalue weighted by Crippen LogP contribution is -1.94. The Bertz CT molecular complexity index is 510. The fraction of sp³-hybridized carbons (Fsp3) is 0.273. The molecule has 0 amide bonds. The first-order chi connectivity index (χ1) is 8.20. The molecule has 2 aromatic rings. The molecule has 0 saturated carbocycles. The van der Waals surface area contributed by atoms with Crippen LogP contribution in [0.2, 0.25) is 10.0 Å². The largest absolute Gasteiger partial charge is 0.220 e. The van der Waals surface area contributed by atoms with Crippen LogP contribution in [0.4, 0.5) is 0 Å². The van der Waals surface area contributed by atoms with Crippen LogP contribution in [0.25, 0.3) is 5.69 Å². The Kier molecular flexibility index (Phi) is 4.26. The second kappa shape index (κ2) is 5.71. The maximum absolute atomic E-state index is 5.94. The van der Waals surface area contributed by atoms with Gasteiger partial charge in [0.2, 0.25) is 0 Å².